The van der Waals surface area contributed by atoms with E-state index < -0.39 is 36.1 Å². The Bertz CT molecular complexity index is 373. The van der Waals surface area contributed by atoms with Crippen molar-refractivity contribution in [1.82, 2.24) is 5.32 Å². The molecule has 0 radical (unpaired) electrons. The van der Waals surface area contributed by atoms with Gasteiger partial charge in [0.2, 0.25) is 0 Å². The largest absolute Gasteiger partial charge is 0.463 e. The second-order valence-electron chi connectivity index (χ2n) is 4.37. The van der Waals surface area contributed by atoms with Crippen molar-refractivity contribution in [2.75, 3.05) is 12.0 Å². The quantitative estimate of drug-likeness (QED) is 0.572. The Morgan fingerprint density at radius 3 is 2.10 bits per heavy atom. The lowest BCUT2D eigenvalue weighted by Crippen LogP contribution is -2.55. The van der Waals surface area contributed by atoms with Crippen LogP contribution in [0.4, 0.5) is 22.0 Å². The predicted octanol–water partition coefficient (Wildman–Crippen LogP) is 2.37. The molecule has 0 unspecified atom stereocenters. The summed E-state index contributed by atoms with van der Waals surface area (Å²) in [5.74, 6) is -8.91. The van der Waals surface area contributed by atoms with Crippen molar-refractivity contribution in [2.24, 2.45) is 0 Å². The van der Waals surface area contributed by atoms with Crippen LogP contribution in [-0.2, 0) is 14.3 Å². The molecule has 0 saturated heterocycles. The molecule has 0 heterocycles. The average Bonchev–Trinajstić information content (AvgIpc) is 2.31. The predicted molar refractivity (Wildman–Crippen MR) is 67.2 cm³/mol. The normalized spacial score (nSPS) is 14.0. The maximum atomic E-state index is 12.8. The number of hydrogen-bond acceptors (Lipinski definition) is 4. The van der Waals surface area contributed by atoms with Gasteiger partial charge in [0.1, 0.15) is 6.04 Å². The summed E-state index contributed by atoms with van der Waals surface area (Å²) in [5.41, 5.74) is 0. The SMILES string of the molecule is CSCC[C@H](NC(=O)C(F)(F)C(F)(F)F)C(=O)OC(C)C. The number of hydrogen-bond donors (Lipinski definition) is 1. The summed E-state index contributed by atoms with van der Waals surface area (Å²) < 4.78 is 66.6. The van der Waals surface area contributed by atoms with E-state index in [2.05, 4.69) is 0 Å². The molecule has 124 valence electrons. The number of esters is 1. The van der Waals surface area contributed by atoms with Crippen molar-refractivity contribution >= 4 is 23.6 Å². The third-order valence-corrected chi connectivity index (χ3v) is 2.84. The standard InChI is InChI=1S/C11H16F5NO3S/c1-6(2)20-8(18)7(4-5-21-3)17-9(19)10(12,13)11(14,15)16/h6-7H,4-5H2,1-3H3,(H,17,19)/t7-/m0/s1. The highest BCUT2D eigenvalue weighted by Crippen LogP contribution is 2.35. The summed E-state index contributed by atoms with van der Waals surface area (Å²) in [4.78, 5) is 22.7. The van der Waals surface area contributed by atoms with Crippen LogP contribution in [0.15, 0.2) is 0 Å². The minimum Gasteiger partial charge on any atom is -0.461 e. The first kappa shape index (κ1) is 19.9. The molecule has 0 aliphatic heterocycles. The molecule has 0 aromatic rings. The van der Waals surface area contributed by atoms with Gasteiger partial charge in [-0.15, -0.1) is 0 Å². The number of halogens is 5. The minimum atomic E-state index is -6.02. The number of carbonyl (C=O) groups is 2. The summed E-state index contributed by atoms with van der Waals surface area (Å²) in [6.45, 7) is 2.96. The summed E-state index contributed by atoms with van der Waals surface area (Å²) in [5, 5.41) is 1.41. The van der Waals surface area contributed by atoms with Crippen LogP contribution in [0.2, 0.25) is 0 Å². The van der Waals surface area contributed by atoms with Gasteiger partial charge >= 0.3 is 24.0 Å². The molecule has 0 rings (SSSR count). The molecule has 1 N–H and O–H groups in total. The van der Waals surface area contributed by atoms with Gasteiger partial charge in [-0.1, -0.05) is 0 Å². The van der Waals surface area contributed by atoms with E-state index in [9.17, 15) is 31.5 Å². The van der Waals surface area contributed by atoms with Gasteiger partial charge in [-0.2, -0.15) is 33.7 Å². The topological polar surface area (TPSA) is 55.4 Å². The Kier molecular flexibility index (Phi) is 7.41. The molecule has 0 aliphatic carbocycles. The van der Waals surface area contributed by atoms with E-state index in [0.717, 1.165) is 0 Å². The first-order chi connectivity index (χ1) is 9.43. The van der Waals surface area contributed by atoms with Crippen LogP contribution in [0, 0.1) is 0 Å². The number of ether oxygens (including phenoxy) is 1. The van der Waals surface area contributed by atoms with Crippen LogP contribution in [0.1, 0.15) is 20.3 Å². The lowest BCUT2D eigenvalue weighted by atomic mass is 10.2. The van der Waals surface area contributed by atoms with Crippen molar-refractivity contribution in [3.8, 4) is 0 Å². The van der Waals surface area contributed by atoms with E-state index in [1.807, 2.05) is 0 Å². The van der Waals surface area contributed by atoms with Crippen LogP contribution in [0.5, 0.6) is 0 Å². The van der Waals surface area contributed by atoms with Crippen LogP contribution in [-0.4, -0.2) is 48.1 Å². The Hall–Kier alpha value is -1.06. The summed E-state index contributed by atoms with van der Waals surface area (Å²) in [7, 11) is 0. The highest BCUT2D eigenvalue weighted by molar-refractivity contribution is 7.98. The van der Waals surface area contributed by atoms with Gasteiger partial charge < -0.3 is 10.1 Å². The van der Waals surface area contributed by atoms with Crippen molar-refractivity contribution in [2.45, 2.75) is 44.5 Å². The number of carbonyl (C=O) groups excluding carboxylic acids is 2. The fourth-order valence-corrected chi connectivity index (χ4v) is 1.65. The summed E-state index contributed by atoms with van der Waals surface area (Å²) in [6.07, 6.45) is -5.08. The van der Waals surface area contributed by atoms with Crippen molar-refractivity contribution in [3.05, 3.63) is 0 Å². The molecule has 1 amide bonds. The maximum Gasteiger partial charge on any atom is 0.463 e. The molecule has 0 spiro atoms. The average molecular weight is 337 g/mol. The van der Waals surface area contributed by atoms with E-state index in [0.29, 0.717) is 0 Å². The van der Waals surface area contributed by atoms with Crippen LogP contribution in [0.25, 0.3) is 0 Å². The van der Waals surface area contributed by atoms with E-state index >= 15 is 0 Å². The number of amides is 1. The lowest BCUT2D eigenvalue weighted by Gasteiger charge is -2.23. The molecule has 0 aliphatic rings. The molecular weight excluding hydrogens is 321 g/mol. The summed E-state index contributed by atoms with van der Waals surface area (Å²) >= 11 is 1.24. The zero-order valence-corrected chi connectivity index (χ0v) is 12.4. The van der Waals surface area contributed by atoms with Crippen molar-refractivity contribution in [1.29, 1.82) is 0 Å². The van der Waals surface area contributed by atoms with Crippen LogP contribution in [0.3, 0.4) is 0 Å². The molecule has 1 atom stereocenters. The second-order valence-corrected chi connectivity index (χ2v) is 5.35. The Morgan fingerprint density at radius 1 is 1.19 bits per heavy atom. The molecule has 0 saturated carbocycles. The van der Waals surface area contributed by atoms with Gasteiger partial charge in [-0.25, -0.2) is 4.79 Å². The molecule has 0 aromatic carbocycles. The molecule has 21 heavy (non-hydrogen) atoms. The number of nitrogens with one attached hydrogen (secondary N) is 1. The van der Waals surface area contributed by atoms with Crippen molar-refractivity contribution in [3.63, 3.8) is 0 Å². The molecular formula is C11H16F5NO3S. The number of rotatable bonds is 7. The maximum absolute atomic E-state index is 12.8. The Morgan fingerprint density at radius 2 is 1.71 bits per heavy atom. The van der Waals surface area contributed by atoms with Gasteiger partial charge in [0.25, 0.3) is 0 Å². The summed E-state index contributed by atoms with van der Waals surface area (Å²) in [6, 6.07) is -1.56. The highest BCUT2D eigenvalue weighted by Gasteiger charge is 2.63. The Labute approximate surface area is 122 Å². The highest BCUT2D eigenvalue weighted by atomic mass is 32.2. The first-order valence-corrected chi connectivity index (χ1v) is 7.27. The van der Waals surface area contributed by atoms with E-state index in [1.165, 1.54) is 30.9 Å². The van der Waals surface area contributed by atoms with E-state index in [-0.39, 0.29) is 12.2 Å². The van der Waals surface area contributed by atoms with Gasteiger partial charge in [0.05, 0.1) is 6.10 Å². The molecule has 10 heteroatoms. The van der Waals surface area contributed by atoms with E-state index in [1.54, 1.807) is 6.26 Å². The fourth-order valence-electron chi connectivity index (χ4n) is 1.18. The lowest BCUT2D eigenvalue weighted by molar-refractivity contribution is -0.270. The number of alkyl halides is 5. The molecule has 0 aromatic heterocycles. The van der Waals surface area contributed by atoms with Gasteiger partial charge in [-0.05, 0) is 32.3 Å². The van der Waals surface area contributed by atoms with Crippen molar-refractivity contribution < 1.29 is 36.3 Å². The van der Waals surface area contributed by atoms with Gasteiger partial charge in [0, 0.05) is 0 Å². The third kappa shape index (κ3) is 6.06. The molecule has 0 bridgehead atoms. The second kappa shape index (κ2) is 7.81. The molecule has 4 nitrogen and oxygen atoms in total. The van der Waals surface area contributed by atoms with Gasteiger partial charge in [0.15, 0.2) is 0 Å². The van der Waals surface area contributed by atoms with Gasteiger partial charge in [-0.3, -0.25) is 4.79 Å². The van der Waals surface area contributed by atoms with Crippen LogP contribution < -0.4 is 5.32 Å². The minimum absolute atomic E-state index is 0.119. The third-order valence-electron chi connectivity index (χ3n) is 2.19. The van der Waals surface area contributed by atoms with E-state index in [4.69, 9.17) is 4.74 Å². The Balaban J connectivity index is 4.96. The monoisotopic (exact) mass is 337 g/mol. The van der Waals surface area contributed by atoms with Crippen LogP contribution >= 0.6 is 11.8 Å². The fraction of sp³-hybridized carbons (Fsp3) is 0.818. The zero-order valence-electron chi connectivity index (χ0n) is 11.6. The number of thioether (sulfide) groups is 1. The molecule has 0 fully saturated rings. The smallest absolute Gasteiger partial charge is 0.461 e. The first-order valence-electron chi connectivity index (χ1n) is 5.88. The zero-order chi connectivity index (χ0) is 16.8.